The van der Waals surface area contributed by atoms with E-state index >= 15 is 0 Å². The number of thioether (sulfide) groups is 1. The fraction of sp³-hybridized carbons (Fsp3) is 0.533. The lowest BCUT2D eigenvalue weighted by atomic mass is 9.73. The van der Waals surface area contributed by atoms with Crippen molar-refractivity contribution in [1.82, 2.24) is 0 Å². The largest absolute Gasteiger partial charge is 0.294 e. The molecule has 0 heterocycles. The van der Waals surface area contributed by atoms with Crippen LogP contribution >= 0.6 is 11.8 Å². The highest BCUT2D eigenvalue weighted by Crippen LogP contribution is 2.37. The lowest BCUT2D eigenvalue weighted by molar-refractivity contribution is -0.122. The standard InChI is InChI=1S/C15H22OS/c1-5-9-15(11-17-4)10-7-8-13(14(15)16)12(3)6-2/h5,7-8,10,12H,1,6,9,11H2,2-4H3. The second kappa shape index (κ2) is 6.25. The highest BCUT2D eigenvalue weighted by Gasteiger charge is 2.38. The van der Waals surface area contributed by atoms with E-state index in [9.17, 15) is 4.79 Å². The van der Waals surface area contributed by atoms with E-state index in [0.29, 0.717) is 11.7 Å². The zero-order chi connectivity index (χ0) is 12.9. The van der Waals surface area contributed by atoms with Gasteiger partial charge < -0.3 is 0 Å². The van der Waals surface area contributed by atoms with Gasteiger partial charge in [-0.15, -0.1) is 6.58 Å². The van der Waals surface area contributed by atoms with Crippen molar-refractivity contribution in [3.8, 4) is 0 Å². The molecule has 0 aliphatic heterocycles. The first-order chi connectivity index (χ1) is 8.11. The molecule has 0 saturated carbocycles. The number of rotatable bonds is 6. The molecule has 0 aromatic heterocycles. The van der Waals surface area contributed by atoms with Gasteiger partial charge in [-0.2, -0.15) is 11.8 Å². The SMILES string of the molecule is C=CCC1(CSC)C=CC=C(C(C)CC)C1=O. The Kier molecular flexibility index (Phi) is 5.26. The van der Waals surface area contributed by atoms with Crippen LogP contribution in [-0.2, 0) is 4.79 Å². The Morgan fingerprint density at radius 3 is 2.82 bits per heavy atom. The third kappa shape index (κ3) is 2.92. The van der Waals surface area contributed by atoms with Gasteiger partial charge in [0.1, 0.15) is 0 Å². The maximum Gasteiger partial charge on any atom is 0.170 e. The fourth-order valence-electron chi connectivity index (χ4n) is 2.23. The second-order valence-electron chi connectivity index (χ2n) is 4.70. The van der Waals surface area contributed by atoms with Crippen LogP contribution in [0.15, 0.2) is 36.5 Å². The van der Waals surface area contributed by atoms with Crippen LogP contribution in [0.4, 0.5) is 0 Å². The van der Waals surface area contributed by atoms with E-state index in [1.807, 2.05) is 24.5 Å². The summed E-state index contributed by atoms with van der Waals surface area (Å²) in [4.78, 5) is 12.6. The van der Waals surface area contributed by atoms with Gasteiger partial charge in [0.25, 0.3) is 0 Å². The molecule has 0 fully saturated rings. The van der Waals surface area contributed by atoms with Crippen LogP contribution < -0.4 is 0 Å². The summed E-state index contributed by atoms with van der Waals surface area (Å²) in [7, 11) is 0. The molecule has 0 bridgehead atoms. The predicted octanol–water partition coefficient (Wildman–Crippen LogP) is 4.02. The van der Waals surface area contributed by atoms with Crippen molar-refractivity contribution >= 4 is 17.5 Å². The molecule has 1 nitrogen and oxygen atoms in total. The molecule has 0 aromatic rings. The molecular formula is C15H22OS. The molecule has 0 aromatic carbocycles. The van der Waals surface area contributed by atoms with Crippen molar-refractivity contribution in [2.24, 2.45) is 11.3 Å². The van der Waals surface area contributed by atoms with Crippen molar-refractivity contribution in [1.29, 1.82) is 0 Å². The molecule has 0 spiro atoms. The van der Waals surface area contributed by atoms with E-state index in [1.165, 1.54) is 0 Å². The second-order valence-corrected chi connectivity index (χ2v) is 5.57. The maximum atomic E-state index is 12.6. The third-order valence-electron chi connectivity index (χ3n) is 3.46. The van der Waals surface area contributed by atoms with Crippen LogP contribution in [0.5, 0.6) is 0 Å². The van der Waals surface area contributed by atoms with Crippen molar-refractivity contribution in [2.75, 3.05) is 12.0 Å². The monoisotopic (exact) mass is 250 g/mol. The number of allylic oxidation sites excluding steroid dienone is 5. The minimum absolute atomic E-state index is 0.295. The fourth-order valence-corrected chi connectivity index (χ4v) is 3.09. The van der Waals surface area contributed by atoms with Gasteiger partial charge in [-0.1, -0.05) is 38.2 Å². The Bertz CT molecular complexity index is 354. The molecule has 1 aliphatic carbocycles. The first kappa shape index (κ1) is 14.3. The molecule has 0 radical (unpaired) electrons. The number of ketones is 1. The molecule has 1 aliphatic rings. The molecule has 2 heteroatoms. The summed E-state index contributed by atoms with van der Waals surface area (Å²) < 4.78 is 0. The summed E-state index contributed by atoms with van der Waals surface area (Å²) >= 11 is 1.72. The van der Waals surface area contributed by atoms with Gasteiger partial charge in [0.15, 0.2) is 5.78 Å². The Morgan fingerprint density at radius 2 is 2.29 bits per heavy atom. The molecule has 2 atom stereocenters. The van der Waals surface area contributed by atoms with E-state index in [4.69, 9.17) is 0 Å². The van der Waals surface area contributed by atoms with Gasteiger partial charge >= 0.3 is 0 Å². The zero-order valence-corrected chi connectivity index (χ0v) is 11.8. The summed E-state index contributed by atoms with van der Waals surface area (Å²) in [5, 5.41) is 0. The Hall–Kier alpha value is -0.760. The van der Waals surface area contributed by atoms with E-state index in [2.05, 4.69) is 26.5 Å². The Labute approximate surface area is 109 Å². The zero-order valence-electron chi connectivity index (χ0n) is 11.0. The summed E-state index contributed by atoms with van der Waals surface area (Å²) in [5.74, 6) is 1.48. The van der Waals surface area contributed by atoms with Crippen LogP contribution in [0.2, 0.25) is 0 Å². The number of Topliss-reactive ketones (excluding diaryl/α,β-unsaturated/α-hetero) is 1. The van der Waals surface area contributed by atoms with Crippen LogP contribution in [0, 0.1) is 11.3 Å². The van der Waals surface area contributed by atoms with Crippen LogP contribution in [0.1, 0.15) is 26.7 Å². The Balaban J connectivity index is 3.04. The van der Waals surface area contributed by atoms with Gasteiger partial charge in [-0.3, -0.25) is 4.79 Å². The normalized spacial score (nSPS) is 25.6. The number of hydrogen-bond acceptors (Lipinski definition) is 2. The lowest BCUT2D eigenvalue weighted by Gasteiger charge is -2.32. The molecule has 0 saturated heterocycles. The van der Waals surface area contributed by atoms with Gasteiger partial charge in [0.2, 0.25) is 0 Å². The molecule has 0 amide bonds. The van der Waals surface area contributed by atoms with E-state index < -0.39 is 0 Å². The summed E-state index contributed by atoms with van der Waals surface area (Å²) in [6.07, 6.45) is 11.7. The predicted molar refractivity (Wildman–Crippen MR) is 77.3 cm³/mol. The van der Waals surface area contributed by atoms with Gasteiger partial charge in [-0.05, 0) is 30.6 Å². The average molecular weight is 250 g/mol. The highest BCUT2D eigenvalue weighted by molar-refractivity contribution is 7.98. The number of carbonyl (C=O) groups is 1. The molecule has 17 heavy (non-hydrogen) atoms. The van der Waals surface area contributed by atoms with Crippen molar-refractivity contribution in [2.45, 2.75) is 26.7 Å². The number of carbonyl (C=O) groups excluding carboxylic acids is 1. The molecular weight excluding hydrogens is 228 g/mol. The maximum absolute atomic E-state index is 12.6. The quantitative estimate of drug-likeness (QED) is 0.662. The lowest BCUT2D eigenvalue weighted by Crippen LogP contribution is -2.35. The van der Waals surface area contributed by atoms with E-state index in [-0.39, 0.29) is 5.41 Å². The molecule has 0 N–H and O–H groups in total. The van der Waals surface area contributed by atoms with Gasteiger partial charge in [0.05, 0.1) is 5.41 Å². The molecule has 2 unspecified atom stereocenters. The van der Waals surface area contributed by atoms with Crippen LogP contribution in [0.3, 0.4) is 0 Å². The van der Waals surface area contributed by atoms with Crippen molar-refractivity contribution in [3.63, 3.8) is 0 Å². The van der Waals surface area contributed by atoms with Gasteiger partial charge in [0, 0.05) is 5.75 Å². The third-order valence-corrected chi connectivity index (χ3v) is 4.26. The summed E-state index contributed by atoms with van der Waals surface area (Å²) in [6, 6.07) is 0. The van der Waals surface area contributed by atoms with Crippen molar-refractivity contribution in [3.05, 3.63) is 36.5 Å². The average Bonchev–Trinajstić information content (AvgIpc) is 2.32. The summed E-state index contributed by atoms with van der Waals surface area (Å²) in [6.45, 7) is 8.04. The molecule has 1 rings (SSSR count). The first-order valence-electron chi connectivity index (χ1n) is 6.15. The Morgan fingerprint density at radius 1 is 1.59 bits per heavy atom. The van der Waals surface area contributed by atoms with Crippen LogP contribution in [-0.4, -0.2) is 17.8 Å². The van der Waals surface area contributed by atoms with E-state index in [0.717, 1.165) is 24.2 Å². The first-order valence-corrected chi connectivity index (χ1v) is 7.54. The van der Waals surface area contributed by atoms with Crippen molar-refractivity contribution < 1.29 is 4.79 Å². The van der Waals surface area contributed by atoms with Crippen LogP contribution in [0.25, 0.3) is 0 Å². The van der Waals surface area contributed by atoms with Gasteiger partial charge in [-0.25, -0.2) is 0 Å². The molecule has 94 valence electrons. The van der Waals surface area contributed by atoms with E-state index in [1.54, 1.807) is 11.8 Å². The highest BCUT2D eigenvalue weighted by atomic mass is 32.2. The minimum Gasteiger partial charge on any atom is -0.294 e. The smallest absolute Gasteiger partial charge is 0.170 e. The minimum atomic E-state index is -0.353. The number of hydrogen-bond donors (Lipinski definition) is 0. The summed E-state index contributed by atoms with van der Waals surface area (Å²) in [5.41, 5.74) is 0.625. The topological polar surface area (TPSA) is 17.1 Å².